The van der Waals surface area contributed by atoms with Crippen molar-refractivity contribution in [3.8, 4) is 5.75 Å². The van der Waals surface area contributed by atoms with Gasteiger partial charge in [0.2, 0.25) is 0 Å². The van der Waals surface area contributed by atoms with Crippen LogP contribution in [0.1, 0.15) is 19.4 Å². The lowest BCUT2D eigenvalue weighted by Crippen LogP contribution is -2.42. The largest absolute Gasteiger partial charge is 0.493 e. The van der Waals surface area contributed by atoms with Crippen LogP contribution in [-0.2, 0) is 16.1 Å². The van der Waals surface area contributed by atoms with Gasteiger partial charge in [-0.15, -0.1) is 0 Å². The molecule has 0 aromatic heterocycles. The highest BCUT2D eigenvalue weighted by Gasteiger charge is 2.20. The van der Waals surface area contributed by atoms with Gasteiger partial charge < -0.3 is 20.1 Å². The number of esters is 1. The summed E-state index contributed by atoms with van der Waals surface area (Å²) < 4.78 is 10.9. The molecule has 0 saturated carbocycles. The van der Waals surface area contributed by atoms with Crippen molar-refractivity contribution in [3.05, 3.63) is 41.1 Å². The number of benzene rings is 1. The van der Waals surface area contributed by atoms with E-state index >= 15 is 0 Å². The fourth-order valence-electron chi connectivity index (χ4n) is 1.97. The Balaban J connectivity index is 2.02. The lowest BCUT2D eigenvalue weighted by Gasteiger charge is -2.21. The van der Waals surface area contributed by atoms with E-state index < -0.39 is 0 Å². The molecule has 1 heterocycles. The molecule has 0 spiro atoms. The van der Waals surface area contributed by atoms with Gasteiger partial charge in [0.25, 0.3) is 0 Å². The van der Waals surface area contributed by atoms with Gasteiger partial charge >= 0.3 is 5.97 Å². The summed E-state index contributed by atoms with van der Waals surface area (Å²) in [5.41, 5.74) is 2.12. The highest BCUT2D eigenvalue weighted by molar-refractivity contribution is 7.80. The van der Waals surface area contributed by atoms with Gasteiger partial charge in [0.15, 0.2) is 5.11 Å². The number of carbonyl (C=O) groups is 1. The normalized spacial score (nSPS) is 14.3. The molecule has 1 aliphatic heterocycles. The molecule has 1 aromatic carbocycles. The average Bonchev–Trinajstić information content (AvgIpc) is 2.46. The molecule has 21 heavy (non-hydrogen) atoms. The highest BCUT2D eigenvalue weighted by atomic mass is 32.1. The number of rotatable bonds is 5. The van der Waals surface area contributed by atoms with Crippen molar-refractivity contribution in [2.45, 2.75) is 20.5 Å². The molecule has 1 aliphatic rings. The molecule has 0 fully saturated rings. The first kappa shape index (κ1) is 15.3. The molecular formula is C15H18N2O3S. The molecule has 0 bridgehead atoms. The Kier molecular flexibility index (Phi) is 5.16. The molecule has 0 unspecified atom stereocenters. The second-order valence-corrected chi connectivity index (χ2v) is 4.94. The number of para-hydroxylation sites is 1. The van der Waals surface area contributed by atoms with Crippen molar-refractivity contribution in [2.24, 2.45) is 0 Å². The lowest BCUT2D eigenvalue weighted by atomic mass is 10.2. The van der Waals surface area contributed by atoms with E-state index in [0.717, 1.165) is 17.0 Å². The number of allylic oxidation sites excluding steroid dienone is 1. The first-order valence-electron chi connectivity index (χ1n) is 6.74. The standard InChI is InChI=1S/C15H18N2O3S/c1-3-19-13-7-5-4-6-11(13)9-20-14(18)12-8-16-15(21)17-10(12)2/h4-7H,3,8-9H2,1-2H3,(H2,16,17,21). The van der Waals surface area contributed by atoms with E-state index in [2.05, 4.69) is 10.6 Å². The minimum atomic E-state index is -0.360. The molecule has 0 saturated heterocycles. The lowest BCUT2D eigenvalue weighted by molar-refractivity contribution is -0.140. The summed E-state index contributed by atoms with van der Waals surface area (Å²) in [6, 6.07) is 7.52. The van der Waals surface area contributed by atoms with Crippen molar-refractivity contribution in [1.29, 1.82) is 0 Å². The van der Waals surface area contributed by atoms with E-state index in [4.69, 9.17) is 21.7 Å². The molecular weight excluding hydrogens is 288 g/mol. The summed E-state index contributed by atoms with van der Waals surface area (Å²) in [5, 5.41) is 6.34. The third-order valence-corrected chi connectivity index (χ3v) is 3.30. The van der Waals surface area contributed by atoms with E-state index in [9.17, 15) is 4.79 Å². The average molecular weight is 306 g/mol. The maximum absolute atomic E-state index is 12.1. The monoisotopic (exact) mass is 306 g/mol. The summed E-state index contributed by atoms with van der Waals surface area (Å²) in [4.78, 5) is 12.1. The Hall–Kier alpha value is -2.08. The maximum Gasteiger partial charge on any atom is 0.337 e. The molecule has 0 amide bonds. The second-order valence-electron chi connectivity index (χ2n) is 4.53. The van der Waals surface area contributed by atoms with Crippen LogP contribution in [0.15, 0.2) is 35.5 Å². The molecule has 0 atom stereocenters. The summed E-state index contributed by atoms with van der Waals surface area (Å²) in [6.07, 6.45) is 0. The van der Waals surface area contributed by atoms with Crippen molar-refractivity contribution in [3.63, 3.8) is 0 Å². The Labute approximate surface area is 129 Å². The Bertz CT molecular complexity index is 584. The molecule has 6 heteroatoms. The number of carbonyl (C=O) groups excluding carboxylic acids is 1. The summed E-state index contributed by atoms with van der Waals surface area (Å²) >= 11 is 4.98. The minimum Gasteiger partial charge on any atom is -0.493 e. The van der Waals surface area contributed by atoms with E-state index in [0.29, 0.717) is 23.8 Å². The van der Waals surface area contributed by atoms with Gasteiger partial charge in [0.1, 0.15) is 12.4 Å². The maximum atomic E-state index is 12.1. The smallest absolute Gasteiger partial charge is 0.337 e. The van der Waals surface area contributed by atoms with Gasteiger partial charge in [-0.05, 0) is 32.1 Å². The van der Waals surface area contributed by atoms with Gasteiger partial charge in [-0.3, -0.25) is 0 Å². The van der Waals surface area contributed by atoms with Crippen LogP contribution in [0.3, 0.4) is 0 Å². The summed E-state index contributed by atoms with van der Waals surface area (Å²) in [7, 11) is 0. The van der Waals surface area contributed by atoms with Gasteiger partial charge in [-0.1, -0.05) is 18.2 Å². The first-order chi connectivity index (χ1) is 10.1. The van der Waals surface area contributed by atoms with Crippen LogP contribution in [0.4, 0.5) is 0 Å². The second kappa shape index (κ2) is 7.08. The molecule has 5 nitrogen and oxygen atoms in total. The van der Waals surface area contributed by atoms with Crippen LogP contribution >= 0.6 is 12.2 Å². The fourth-order valence-corrected chi connectivity index (χ4v) is 2.19. The van der Waals surface area contributed by atoms with Crippen LogP contribution < -0.4 is 15.4 Å². The zero-order valence-corrected chi connectivity index (χ0v) is 12.9. The molecule has 1 aromatic rings. The number of nitrogens with one attached hydrogen (secondary N) is 2. The molecule has 0 aliphatic carbocycles. The topological polar surface area (TPSA) is 59.6 Å². The van der Waals surface area contributed by atoms with Crippen LogP contribution in [0, 0.1) is 0 Å². The van der Waals surface area contributed by atoms with Crippen LogP contribution in [0.25, 0.3) is 0 Å². The molecule has 2 rings (SSSR count). The summed E-state index contributed by atoms with van der Waals surface area (Å²) in [6.45, 7) is 4.84. The molecule has 0 radical (unpaired) electrons. The third kappa shape index (κ3) is 3.95. The first-order valence-corrected chi connectivity index (χ1v) is 7.15. The molecule has 112 valence electrons. The Morgan fingerprint density at radius 2 is 2.14 bits per heavy atom. The van der Waals surface area contributed by atoms with Gasteiger partial charge in [-0.2, -0.15) is 0 Å². The number of thiocarbonyl (C=S) groups is 1. The Morgan fingerprint density at radius 3 is 2.86 bits per heavy atom. The van der Waals surface area contributed by atoms with Crippen LogP contribution in [-0.4, -0.2) is 24.2 Å². The van der Waals surface area contributed by atoms with E-state index in [1.54, 1.807) is 6.92 Å². The summed E-state index contributed by atoms with van der Waals surface area (Å²) in [5.74, 6) is 0.376. The number of ether oxygens (including phenoxy) is 2. The zero-order chi connectivity index (χ0) is 15.2. The van der Waals surface area contributed by atoms with Crippen molar-refractivity contribution < 1.29 is 14.3 Å². The van der Waals surface area contributed by atoms with E-state index in [1.165, 1.54) is 0 Å². The predicted molar refractivity (Wildman–Crippen MR) is 83.8 cm³/mol. The van der Waals surface area contributed by atoms with Crippen LogP contribution in [0.2, 0.25) is 0 Å². The highest BCUT2D eigenvalue weighted by Crippen LogP contribution is 2.19. The van der Waals surface area contributed by atoms with Crippen molar-refractivity contribution >= 4 is 23.3 Å². The van der Waals surface area contributed by atoms with Crippen molar-refractivity contribution in [2.75, 3.05) is 13.2 Å². The molecule has 2 N–H and O–H groups in total. The SMILES string of the molecule is CCOc1ccccc1COC(=O)C1=C(C)NC(=S)NC1. The zero-order valence-electron chi connectivity index (χ0n) is 12.1. The van der Waals surface area contributed by atoms with Crippen LogP contribution in [0.5, 0.6) is 5.75 Å². The number of hydrogen-bond donors (Lipinski definition) is 2. The quantitative estimate of drug-likeness (QED) is 0.640. The minimum absolute atomic E-state index is 0.177. The van der Waals surface area contributed by atoms with Gasteiger partial charge in [-0.25, -0.2) is 4.79 Å². The fraction of sp³-hybridized carbons (Fsp3) is 0.333. The van der Waals surface area contributed by atoms with Crippen molar-refractivity contribution in [1.82, 2.24) is 10.6 Å². The number of hydrogen-bond acceptors (Lipinski definition) is 4. The van der Waals surface area contributed by atoms with Gasteiger partial charge in [0.05, 0.1) is 18.7 Å². The predicted octanol–water partition coefficient (Wildman–Crippen LogP) is 1.88. The van der Waals surface area contributed by atoms with Gasteiger partial charge in [0, 0.05) is 11.3 Å². The van der Waals surface area contributed by atoms with E-state index in [1.807, 2.05) is 31.2 Å². The Morgan fingerprint density at radius 1 is 1.38 bits per heavy atom. The van der Waals surface area contributed by atoms with E-state index in [-0.39, 0.29) is 12.6 Å². The third-order valence-electron chi connectivity index (χ3n) is 3.06.